The second-order valence-corrected chi connectivity index (χ2v) is 5.20. The maximum absolute atomic E-state index is 12.2. The fraction of sp³-hybridized carbons (Fsp3) is 0.300. The van der Waals surface area contributed by atoms with Crippen molar-refractivity contribution in [3.05, 3.63) is 42.3 Å². The van der Waals surface area contributed by atoms with Gasteiger partial charge in [0.1, 0.15) is 11.6 Å². The van der Waals surface area contributed by atoms with E-state index >= 15 is 0 Å². The normalized spacial score (nSPS) is 11.6. The van der Waals surface area contributed by atoms with Crippen molar-refractivity contribution < 1.29 is 13.2 Å². The average molecular weight is 341 g/mol. The van der Waals surface area contributed by atoms with Crippen molar-refractivity contribution in [2.75, 3.05) is 5.32 Å². The second kappa shape index (κ2) is 5.90. The van der Waals surface area contributed by atoms with E-state index in [0.717, 1.165) is 17.5 Å². The summed E-state index contributed by atoms with van der Waals surface area (Å²) in [7, 11) is 0. The van der Waals surface area contributed by atoms with Crippen LogP contribution in [0.5, 0.6) is 0 Å². The van der Waals surface area contributed by atoms with Crippen LogP contribution in [0.15, 0.2) is 21.2 Å². The van der Waals surface area contributed by atoms with E-state index in [-0.39, 0.29) is 21.8 Å². The summed E-state index contributed by atoms with van der Waals surface area (Å²) in [5.41, 5.74) is -0.398. The van der Waals surface area contributed by atoms with Gasteiger partial charge in [-0.1, -0.05) is 22.9 Å². The van der Waals surface area contributed by atoms with Crippen molar-refractivity contribution in [3.8, 4) is 0 Å². The van der Waals surface area contributed by atoms with Crippen LogP contribution in [0.25, 0.3) is 0 Å². The highest BCUT2D eigenvalue weighted by atomic mass is 35.5. The Bertz CT molecular complexity index is 752. The molecule has 0 aromatic carbocycles. The van der Waals surface area contributed by atoms with Crippen LogP contribution in [0.3, 0.4) is 0 Å². The summed E-state index contributed by atoms with van der Waals surface area (Å²) < 4.78 is 36.9. The zero-order valence-electron chi connectivity index (χ0n) is 10.2. The Morgan fingerprint density at radius 1 is 1.43 bits per heavy atom. The number of thiazole rings is 1. The van der Waals surface area contributed by atoms with E-state index in [1.165, 1.54) is 0 Å². The van der Waals surface area contributed by atoms with Crippen molar-refractivity contribution in [3.63, 3.8) is 0 Å². The first kappa shape index (κ1) is 15.6. The van der Waals surface area contributed by atoms with E-state index in [1.807, 2.05) is 0 Å². The molecule has 0 spiro atoms. The minimum absolute atomic E-state index is 0.0899. The van der Waals surface area contributed by atoms with E-state index in [4.69, 9.17) is 11.6 Å². The first-order valence-corrected chi connectivity index (χ1v) is 6.75. The van der Waals surface area contributed by atoms with Gasteiger partial charge in [0, 0.05) is 11.1 Å². The standard InChI is InChI=1S/C10H8ClF3N4O2S/c11-7-6(15-1-5-3-21-9(20)17-5)2-16-18(8(7)19)4-10(12,13)14/h2-3,15H,1,4H2,(H,17,20). The van der Waals surface area contributed by atoms with Gasteiger partial charge in [0.05, 0.1) is 18.4 Å². The van der Waals surface area contributed by atoms with Gasteiger partial charge in [-0.25, -0.2) is 4.68 Å². The number of H-pyrrole nitrogens is 1. The topological polar surface area (TPSA) is 79.8 Å². The van der Waals surface area contributed by atoms with Gasteiger partial charge in [0.15, 0.2) is 0 Å². The summed E-state index contributed by atoms with van der Waals surface area (Å²) in [6, 6.07) is 0. The van der Waals surface area contributed by atoms with Crippen molar-refractivity contribution in [2.24, 2.45) is 0 Å². The van der Waals surface area contributed by atoms with Crippen LogP contribution in [0.4, 0.5) is 18.9 Å². The molecule has 0 aliphatic carbocycles. The van der Waals surface area contributed by atoms with E-state index < -0.39 is 23.3 Å². The smallest absolute Gasteiger partial charge is 0.377 e. The SMILES string of the molecule is O=c1[nH]c(CNc2cnn(CC(F)(F)F)c(=O)c2Cl)cs1. The van der Waals surface area contributed by atoms with Crippen LogP contribution in [-0.4, -0.2) is 20.9 Å². The van der Waals surface area contributed by atoms with Crippen LogP contribution < -0.4 is 15.7 Å². The number of alkyl halides is 3. The summed E-state index contributed by atoms with van der Waals surface area (Å²) in [6.45, 7) is -1.35. The molecule has 2 aromatic rings. The lowest BCUT2D eigenvalue weighted by atomic mass is 10.4. The lowest BCUT2D eigenvalue weighted by molar-refractivity contribution is -0.143. The first-order valence-electron chi connectivity index (χ1n) is 5.49. The minimum Gasteiger partial charge on any atom is -0.377 e. The maximum atomic E-state index is 12.2. The zero-order chi connectivity index (χ0) is 15.6. The monoisotopic (exact) mass is 340 g/mol. The molecule has 114 valence electrons. The molecule has 0 bridgehead atoms. The Hall–Kier alpha value is -1.81. The Morgan fingerprint density at radius 3 is 2.71 bits per heavy atom. The highest BCUT2D eigenvalue weighted by Crippen LogP contribution is 2.19. The van der Waals surface area contributed by atoms with Crippen LogP contribution in [0.2, 0.25) is 5.02 Å². The zero-order valence-corrected chi connectivity index (χ0v) is 11.8. The Balaban J connectivity index is 2.17. The fourth-order valence-electron chi connectivity index (χ4n) is 1.46. The number of hydrogen-bond acceptors (Lipinski definition) is 5. The number of aromatic amines is 1. The maximum Gasteiger partial charge on any atom is 0.408 e. The van der Waals surface area contributed by atoms with E-state index in [9.17, 15) is 22.8 Å². The molecule has 0 amide bonds. The van der Waals surface area contributed by atoms with Crippen molar-refractivity contribution in [2.45, 2.75) is 19.3 Å². The predicted octanol–water partition coefficient (Wildman–Crippen LogP) is 1.82. The molecule has 0 aliphatic heterocycles. The molecule has 0 saturated carbocycles. The number of aromatic nitrogens is 3. The van der Waals surface area contributed by atoms with E-state index in [2.05, 4.69) is 15.4 Å². The van der Waals surface area contributed by atoms with Gasteiger partial charge in [-0.15, -0.1) is 0 Å². The molecule has 2 rings (SSSR count). The lowest BCUT2D eigenvalue weighted by Gasteiger charge is -2.11. The second-order valence-electron chi connectivity index (χ2n) is 3.98. The predicted molar refractivity (Wildman–Crippen MR) is 71.8 cm³/mol. The molecule has 11 heteroatoms. The molecule has 2 N–H and O–H groups in total. The number of nitrogens with zero attached hydrogens (tertiary/aromatic N) is 2. The van der Waals surface area contributed by atoms with Crippen LogP contribution in [0.1, 0.15) is 5.69 Å². The molecular weight excluding hydrogens is 333 g/mol. The van der Waals surface area contributed by atoms with Gasteiger partial charge >= 0.3 is 11.0 Å². The highest BCUT2D eigenvalue weighted by molar-refractivity contribution is 7.07. The molecule has 0 atom stereocenters. The minimum atomic E-state index is -4.56. The molecule has 0 aliphatic rings. The third-order valence-corrected chi connectivity index (χ3v) is 3.44. The van der Waals surface area contributed by atoms with Gasteiger partial charge in [0.2, 0.25) is 0 Å². The van der Waals surface area contributed by atoms with Crippen molar-refractivity contribution >= 4 is 28.6 Å². The molecular formula is C10H8ClF3N4O2S. The number of nitrogens with one attached hydrogen (secondary N) is 2. The van der Waals surface area contributed by atoms with Gasteiger partial charge < -0.3 is 10.3 Å². The van der Waals surface area contributed by atoms with Gasteiger partial charge in [-0.05, 0) is 0 Å². The third kappa shape index (κ3) is 4.08. The fourth-order valence-corrected chi connectivity index (χ4v) is 2.26. The molecule has 6 nitrogen and oxygen atoms in total. The third-order valence-electron chi connectivity index (χ3n) is 2.35. The van der Waals surface area contributed by atoms with Crippen LogP contribution >= 0.6 is 22.9 Å². The summed E-state index contributed by atoms with van der Waals surface area (Å²) in [4.78, 5) is 24.9. The van der Waals surface area contributed by atoms with Crippen LogP contribution in [0, 0.1) is 0 Å². The molecule has 0 radical (unpaired) electrons. The van der Waals surface area contributed by atoms with Crippen molar-refractivity contribution in [1.29, 1.82) is 0 Å². The molecule has 21 heavy (non-hydrogen) atoms. The van der Waals surface area contributed by atoms with Gasteiger partial charge in [-0.2, -0.15) is 18.3 Å². The van der Waals surface area contributed by atoms with E-state index in [0.29, 0.717) is 5.69 Å². The average Bonchev–Trinajstić information content (AvgIpc) is 2.79. The molecule has 0 saturated heterocycles. The summed E-state index contributed by atoms with van der Waals surface area (Å²) in [5.74, 6) is 0. The van der Waals surface area contributed by atoms with Gasteiger partial charge in [-0.3, -0.25) is 9.59 Å². The summed E-state index contributed by atoms with van der Waals surface area (Å²) in [5, 5.41) is 7.31. The Morgan fingerprint density at radius 2 is 2.14 bits per heavy atom. The van der Waals surface area contributed by atoms with Crippen LogP contribution in [-0.2, 0) is 13.1 Å². The highest BCUT2D eigenvalue weighted by Gasteiger charge is 2.29. The van der Waals surface area contributed by atoms with E-state index in [1.54, 1.807) is 5.38 Å². The largest absolute Gasteiger partial charge is 0.408 e. The summed E-state index contributed by atoms with van der Waals surface area (Å²) >= 11 is 6.69. The van der Waals surface area contributed by atoms with Crippen molar-refractivity contribution in [1.82, 2.24) is 14.8 Å². The number of hydrogen-bond donors (Lipinski definition) is 2. The number of rotatable bonds is 4. The van der Waals surface area contributed by atoms with Gasteiger partial charge in [0.25, 0.3) is 5.56 Å². The quantitative estimate of drug-likeness (QED) is 0.889. The molecule has 0 fully saturated rings. The molecule has 2 aromatic heterocycles. The Labute approximate surface area is 124 Å². The number of anilines is 1. The first-order chi connectivity index (χ1) is 9.76. The Kier molecular flexibility index (Phi) is 4.37. The molecule has 2 heterocycles. The molecule has 0 unspecified atom stereocenters. The summed E-state index contributed by atoms with van der Waals surface area (Å²) in [6.07, 6.45) is -3.54. The number of halogens is 4. The lowest BCUT2D eigenvalue weighted by Crippen LogP contribution is -2.30.